The summed E-state index contributed by atoms with van der Waals surface area (Å²) in [5.74, 6) is -0.553. The number of carbonyl (C=O) groups excluding carboxylic acids is 1. The molecule has 0 aliphatic carbocycles. The van der Waals surface area contributed by atoms with Crippen LogP contribution < -0.4 is 0 Å². The van der Waals surface area contributed by atoms with Gasteiger partial charge in [-0.15, -0.1) is 0 Å². The lowest BCUT2D eigenvalue weighted by Crippen LogP contribution is -2.50. The largest absolute Gasteiger partial charge is 0.481 e. The molecule has 0 aromatic carbocycles. The number of piperidine rings is 1. The molecular weight excluding hydrogens is 244 g/mol. The Hall–Kier alpha value is -1.10. The predicted molar refractivity (Wildman–Crippen MR) is 71.8 cm³/mol. The molecular formula is C14H24N2O3. The van der Waals surface area contributed by atoms with Crippen LogP contribution in [0.2, 0.25) is 0 Å². The van der Waals surface area contributed by atoms with Gasteiger partial charge in [-0.3, -0.25) is 14.5 Å². The molecule has 1 N–H and O–H groups in total. The van der Waals surface area contributed by atoms with Crippen molar-refractivity contribution >= 4 is 11.9 Å². The molecule has 19 heavy (non-hydrogen) atoms. The highest BCUT2D eigenvalue weighted by molar-refractivity contribution is 5.79. The van der Waals surface area contributed by atoms with E-state index in [9.17, 15) is 14.7 Å². The Balaban J connectivity index is 1.93. The molecule has 0 spiro atoms. The monoisotopic (exact) mass is 268 g/mol. The van der Waals surface area contributed by atoms with Gasteiger partial charge in [0.1, 0.15) is 0 Å². The number of rotatable bonds is 4. The highest BCUT2D eigenvalue weighted by atomic mass is 16.4. The molecule has 2 saturated heterocycles. The van der Waals surface area contributed by atoms with Crippen LogP contribution >= 0.6 is 0 Å². The predicted octanol–water partition coefficient (Wildman–Crippen LogP) is 1.19. The molecule has 108 valence electrons. The van der Waals surface area contributed by atoms with Crippen LogP contribution in [0.3, 0.4) is 0 Å². The van der Waals surface area contributed by atoms with E-state index in [0.717, 1.165) is 45.3 Å². The van der Waals surface area contributed by atoms with Crippen LogP contribution in [0.5, 0.6) is 0 Å². The minimum Gasteiger partial charge on any atom is -0.481 e. The Kier molecular flexibility index (Phi) is 4.45. The van der Waals surface area contributed by atoms with Gasteiger partial charge < -0.3 is 10.0 Å². The second-order valence-electron chi connectivity index (χ2n) is 5.84. The Morgan fingerprint density at radius 2 is 1.84 bits per heavy atom. The van der Waals surface area contributed by atoms with Crippen molar-refractivity contribution in [3.05, 3.63) is 0 Å². The van der Waals surface area contributed by atoms with Gasteiger partial charge >= 0.3 is 5.97 Å². The molecule has 5 heteroatoms. The van der Waals surface area contributed by atoms with Crippen molar-refractivity contribution in [2.45, 2.75) is 39.0 Å². The first-order valence-corrected chi connectivity index (χ1v) is 7.31. The molecule has 0 aromatic heterocycles. The van der Waals surface area contributed by atoms with Crippen LogP contribution in [0.1, 0.15) is 39.0 Å². The molecule has 0 aromatic rings. The van der Waals surface area contributed by atoms with E-state index in [1.807, 2.05) is 16.7 Å². The van der Waals surface area contributed by atoms with E-state index in [2.05, 4.69) is 0 Å². The van der Waals surface area contributed by atoms with Crippen LogP contribution in [0.4, 0.5) is 0 Å². The average molecular weight is 268 g/mol. The van der Waals surface area contributed by atoms with Crippen LogP contribution in [-0.4, -0.2) is 59.5 Å². The fourth-order valence-corrected chi connectivity index (χ4v) is 3.23. The number of likely N-dealkylation sites (tertiary alicyclic amines) is 2. The minimum atomic E-state index is -0.715. The van der Waals surface area contributed by atoms with Crippen molar-refractivity contribution in [1.82, 2.24) is 9.80 Å². The first-order valence-electron chi connectivity index (χ1n) is 7.31. The zero-order chi connectivity index (χ0) is 13.9. The van der Waals surface area contributed by atoms with Crippen molar-refractivity contribution in [2.24, 2.45) is 5.41 Å². The summed E-state index contributed by atoms with van der Waals surface area (Å²) in [6.45, 7) is 5.40. The number of hydrogen-bond donors (Lipinski definition) is 1. The quantitative estimate of drug-likeness (QED) is 0.832. The summed E-state index contributed by atoms with van der Waals surface area (Å²) in [7, 11) is 0. The van der Waals surface area contributed by atoms with Gasteiger partial charge in [0.2, 0.25) is 5.91 Å². The van der Waals surface area contributed by atoms with Gasteiger partial charge in [0.05, 0.1) is 12.0 Å². The van der Waals surface area contributed by atoms with Gasteiger partial charge in [-0.2, -0.15) is 0 Å². The van der Waals surface area contributed by atoms with Crippen molar-refractivity contribution in [3.63, 3.8) is 0 Å². The number of aliphatic carboxylic acids is 1. The highest BCUT2D eigenvalue weighted by Gasteiger charge is 2.41. The molecule has 1 amide bonds. The zero-order valence-electron chi connectivity index (χ0n) is 11.7. The number of hydrogen-bond acceptors (Lipinski definition) is 3. The summed E-state index contributed by atoms with van der Waals surface area (Å²) in [5, 5.41) is 9.43. The van der Waals surface area contributed by atoms with Crippen LogP contribution in [0.15, 0.2) is 0 Å². The fourth-order valence-electron chi connectivity index (χ4n) is 3.23. The summed E-state index contributed by atoms with van der Waals surface area (Å²) in [6, 6.07) is 0. The zero-order valence-corrected chi connectivity index (χ0v) is 11.7. The van der Waals surface area contributed by atoms with E-state index in [1.54, 1.807) is 0 Å². The maximum Gasteiger partial charge on any atom is 0.310 e. The van der Waals surface area contributed by atoms with Crippen LogP contribution in [-0.2, 0) is 9.59 Å². The van der Waals surface area contributed by atoms with Crippen molar-refractivity contribution < 1.29 is 14.7 Å². The number of carboxylic acids is 1. The van der Waals surface area contributed by atoms with Gasteiger partial charge in [0.25, 0.3) is 0 Å². The molecule has 2 fully saturated rings. The van der Waals surface area contributed by atoms with E-state index in [4.69, 9.17) is 0 Å². The topological polar surface area (TPSA) is 60.9 Å². The van der Waals surface area contributed by atoms with E-state index in [-0.39, 0.29) is 5.91 Å². The number of carboxylic acid groups (broad SMARTS) is 1. The van der Waals surface area contributed by atoms with Crippen molar-refractivity contribution in [3.8, 4) is 0 Å². The Morgan fingerprint density at radius 1 is 1.16 bits per heavy atom. The number of nitrogens with zero attached hydrogens (tertiary/aromatic N) is 2. The van der Waals surface area contributed by atoms with Crippen LogP contribution in [0.25, 0.3) is 0 Å². The van der Waals surface area contributed by atoms with Gasteiger partial charge in [-0.05, 0) is 38.6 Å². The maximum absolute atomic E-state index is 12.1. The van der Waals surface area contributed by atoms with Crippen LogP contribution in [0, 0.1) is 5.41 Å². The Labute approximate surface area is 114 Å². The number of carbonyl (C=O) groups is 2. The molecule has 0 radical (unpaired) electrons. The first-order chi connectivity index (χ1) is 9.07. The summed E-state index contributed by atoms with van der Waals surface area (Å²) in [5.41, 5.74) is -0.649. The highest BCUT2D eigenvalue weighted by Crippen LogP contribution is 2.33. The van der Waals surface area contributed by atoms with Gasteiger partial charge in [0.15, 0.2) is 0 Å². The van der Waals surface area contributed by atoms with E-state index >= 15 is 0 Å². The molecule has 5 nitrogen and oxygen atoms in total. The summed E-state index contributed by atoms with van der Waals surface area (Å²) >= 11 is 0. The third kappa shape index (κ3) is 3.08. The lowest BCUT2D eigenvalue weighted by molar-refractivity contribution is -0.154. The normalized spacial score (nSPS) is 28.6. The maximum atomic E-state index is 12.1. The molecule has 1 unspecified atom stereocenters. The molecule has 2 aliphatic rings. The SMILES string of the molecule is CCC1(C(=O)O)CCCN(CC(=O)N2CCCC2)C1. The lowest BCUT2D eigenvalue weighted by atomic mass is 9.77. The smallest absolute Gasteiger partial charge is 0.310 e. The van der Waals surface area contributed by atoms with E-state index in [0.29, 0.717) is 19.5 Å². The molecule has 0 saturated carbocycles. The Morgan fingerprint density at radius 3 is 2.42 bits per heavy atom. The average Bonchev–Trinajstić information content (AvgIpc) is 2.92. The summed E-state index contributed by atoms with van der Waals surface area (Å²) < 4.78 is 0. The summed E-state index contributed by atoms with van der Waals surface area (Å²) in [6.07, 6.45) is 4.43. The second kappa shape index (κ2) is 5.90. The van der Waals surface area contributed by atoms with Crippen molar-refractivity contribution in [2.75, 3.05) is 32.7 Å². The van der Waals surface area contributed by atoms with Gasteiger partial charge in [-0.25, -0.2) is 0 Å². The van der Waals surface area contributed by atoms with Crippen molar-refractivity contribution in [1.29, 1.82) is 0 Å². The van der Waals surface area contributed by atoms with Gasteiger partial charge in [-0.1, -0.05) is 6.92 Å². The van der Waals surface area contributed by atoms with E-state index in [1.165, 1.54) is 0 Å². The molecule has 2 aliphatic heterocycles. The third-order valence-corrected chi connectivity index (χ3v) is 4.60. The summed E-state index contributed by atoms with van der Waals surface area (Å²) in [4.78, 5) is 27.5. The first kappa shape index (κ1) is 14.3. The molecule has 1 atom stereocenters. The number of amides is 1. The standard InChI is InChI=1S/C14H24N2O3/c1-2-14(13(18)19)6-5-7-15(11-14)10-12(17)16-8-3-4-9-16/h2-11H2,1H3,(H,18,19). The molecule has 2 rings (SSSR count). The lowest BCUT2D eigenvalue weighted by Gasteiger charge is -2.39. The molecule has 0 bridgehead atoms. The van der Waals surface area contributed by atoms with Gasteiger partial charge in [0, 0.05) is 19.6 Å². The molecule has 2 heterocycles. The fraction of sp³-hybridized carbons (Fsp3) is 0.857. The Bertz CT molecular complexity index is 353. The third-order valence-electron chi connectivity index (χ3n) is 4.60. The second-order valence-corrected chi connectivity index (χ2v) is 5.84. The minimum absolute atomic E-state index is 0.162. The van der Waals surface area contributed by atoms with E-state index < -0.39 is 11.4 Å².